The molecule has 4 heteroatoms. The molecule has 1 heterocycles. The van der Waals surface area contributed by atoms with Crippen LogP contribution in [0.15, 0.2) is 54.6 Å². The molecule has 2 N–H and O–H groups in total. The number of morpholine rings is 1. The fourth-order valence-electron chi connectivity index (χ4n) is 2.68. The second-order valence-corrected chi connectivity index (χ2v) is 5.69. The summed E-state index contributed by atoms with van der Waals surface area (Å²) in [6.45, 7) is 2.51. The molecule has 3 rings (SSSR count). The molecule has 1 fully saturated rings. The van der Waals surface area contributed by atoms with Crippen molar-refractivity contribution in [2.24, 2.45) is 0 Å². The van der Waals surface area contributed by atoms with Crippen molar-refractivity contribution >= 4 is 5.91 Å². The lowest BCUT2D eigenvalue weighted by molar-refractivity contribution is -0.125. The first-order valence-corrected chi connectivity index (χ1v) is 8.06. The molecule has 120 valence electrons. The Morgan fingerprint density at radius 3 is 2.52 bits per heavy atom. The molecule has 4 nitrogen and oxygen atoms in total. The van der Waals surface area contributed by atoms with Gasteiger partial charge in [-0.1, -0.05) is 54.6 Å². The molecule has 1 aliphatic rings. The van der Waals surface area contributed by atoms with Gasteiger partial charge in [0, 0.05) is 13.1 Å². The predicted molar refractivity (Wildman–Crippen MR) is 91.2 cm³/mol. The summed E-state index contributed by atoms with van der Waals surface area (Å²) in [5.41, 5.74) is 3.65. The SMILES string of the molecule is O=C(NCCc1ccc(-c2ccccc2)cc1)[C@@H]1COCCN1. The van der Waals surface area contributed by atoms with Gasteiger partial charge in [-0.2, -0.15) is 0 Å². The van der Waals surface area contributed by atoms with Crippen LogP contribution in [0.25, 0.3) is 11.1 Å². The van der Waals surface area contributed by atoms with Crippen LogP contribution < -0.4 is 10.6 Å². The maximum Gasteiger partial charge on any atom is 0.239 e. The van der Waals surface area contributed by atoms with Gasteiger partial charge in [0.1, 0.15) is 6.04 Å². The molecule has 1 saturated heterocycles. The van der Waals surface area contributed by atoms with Gasteiger partial charge in [-0.25, -0.2) is 0 Å². The van der Waals surface area contributed by atoms with Gasteiger partial charge in [-0.3, -0.25) is 4.79 Å². The van der Waals surface area contributed by atoms with Crippen molar-refractivity contribution in [2.75, 3.05) is 26.3 Å². The fraction of sp³-hybridized carbons (Fsp3) is 0.316. The molecule has 0 aliphatic carbocycles. The molecule has 0 radical (unpaired) electrons. The van der Waals surface area contributed by atoms with Crippen molar-refractivity contribution in [3.8, 4) is 11.1 Å². The summed E-state index contributed by atoms with van der Waals surface area (Å²) >= 11 is 0. The normalized spacial score (nSPS) is 17.7. The third kappa shape index (κ3) is 4.41. The highest BCUT2D eigenvalue weighted by atomic mass is 16.5. The minimum absolute atomic E-state index is 0.0191. The third-order valence-electron chi connectivity index (χ3n) is 4.01. The van der Waals surface area contributed by atoms with E-state index in [0.29, 0.717) is 19.8 Å². The number of hydrogen-bond donors (Lipinski definition) is 2. The lowest BCUT2D eigenvalue weighted by Gasteiger charge is -2.22. The van der Waals surface area contributed by atoms with Crippen LogP contribution in [0.3, 0.4) is 0 Å². The quantitative estimate of drug-likeness (QED) is 0.888. The van der Waals surface area contributed by atoms with Crippen LogP contribution in [0.4, 0.5) is 0 Å². The summed E-state index contributed by atoms with van der Waals surface area (Å²) in [6.07, 6.45) is 0.828. The Morgan fingerprint density at radius 1 is 1.09 bits per heavy atom. The van der Waals surface area contributed by atoms with Gasteiger partial charge < -0.3 is 15.4 Å². The average molecular weight is 310 g/mol. The molecule has 0 aromatic heterocycles. The minimum Gasteiger partial charge on any atom is -0.378 e. The fourth-order valence-corrected chi connectivity index (χ4v) is 2.68. The van der Waals surface area contributed by atoms with Crippen LogP contribution in [0.1, 0.15) is 5.56 Å². The zero-order valence-electron chi connectivity index (χ0n) is 13.1. The average Bonchev–Trinajstić information content (AvgIpc) is 2.64. The molecular weight excluding hydrogens is 288 g/mol. The van der Waals surface area contributed by atoms with Gasteiger partial charge in [-0.15, -0.1) is 0 Å². The molecule has 2 aromatic rings. The maximum absolute atomic E-state index is 12.0. The van der Waals surface area contributed by atoms with Gasteiger partial charge in [0.15, 0.2) is 0 Å². The Labute approximate surface area is 136 Å². The number of rotatable bonds is 5. The Morgan fingerprint density at radius 2 is 1.83 bits per heavy atom. The van der Waals surface area contributed by atoms with Crippen LogP contribution >= 0.6 is 0 Å². The standard InChI is InChI=1S/C19H22N2O2/c22-19(18-14-23-13-12-20-18)21-11-10-15-6-8-17(9-7-15)16-4-2-1-3-5-16/h1-9,18,20H,10-14H2,(H,21,22)/t18-/m0/s1. The van der Waals surface area contributed by atoms with E-state index in [4.69, 9.17) is 4.74 Å². The van der Waals surface area contributed by atoms with Crippen molar-refractivity contribution in [3.63, 3.8) is 0 Å². The number of hydrogen-bond acceptors (Lipinski definition) is 3. The van der Waals surface area contributed by atoms with E-state index in [1.807, 2.05) is 18.2 Å². The van der Waals surface area contributed by atoms with Crippen LogP contribution in [0, 0.1) is 0 Å². The summed E-state index contributed by atoms with van der Waals surface area (Å²) < 4.78 is 5.30. The highest BCUT2D eigenvalue weighted by molar-refractivity contribution is 5.82. The molecule has 0 unspecified atom stereocenters. The number of benzene rings is 2. The van der Waals surface area contributed by atoms with E-state index in [1.54, 1.807) is 0 Å². The lowest BCUT2D eigenvalue weighted by Crippen LogP contribution is -2.51. The number of carbonyl (C=O) groups is 1. The van der Waals surface area contributed by atoms with Crippen LogP contribution in [-0.2, 0) is 16.0 Å². The maximum atomic E-state index is 12.0. The zero-order chi connectivity index (χ0) is 15.9. The zero-order valence-corrected chi connectivity index (χ0v) is 13.1. The van der Waals surface area contributed by atoms with Gasteiger partial charge in [0.25, 0.3) is 0 Å². The largest absolute Gasteiger partial charge is 0.378 e. The Bertz CT molecular complexity index is 620. The van der Waals surface area contributed by atoms with E-state index in [2.05, 4.69) is 47.0 Å². The molecule has 0 spiro atoms. The second-order valence-electron chi connectivity index (χ2n) is 5.69. The molecule has 2 aromatic carbocycles. The van der Waals surface area contributed by atoms with Crippen molar-refractivity contribution in [2.45, 2.75) is 12.5 Å². The van der Waals surface area contributed by atoms with Gasteiger partial charge >= 0.3 is 0 Å². The van der Waals surface area contributed by atoms with E-state index in [9.17, 15) is 4.79 Å². The first-order valence-electron chi connectivity index (χ1n) is 8.06. The van der Waals surface area contributed by atoms with E-state index >= 15 is 0 Å². The number of ether oxygens (including phenoxy) is 1. The molecule has 1 amide bonds. The van der Waals surface area contributed by atoms with E-state index in [1.165, 1.54) is 16.7 Å². The molecule has 23 heavy (non-hydrogen) atoms. The summed E-state index contributed by atoms with van der Waals surface area (Å²) in [7, 11) is 0. The minimum atomic E-state index is -0.218. The monoisotopic (exact) mass is 310 g/mol. The van der Waals surface area contributed by atoms with E-state index in [0.717, 1.165) is 13.0 Å². The van der Waals surface area contributed by atoms with Crippen molar-refractivity contribution in [1.29, 1.82) is 0 Å². The summed E-state index contributed by atoms with van der Waals surface area (Å²) in [5.74, 6) is 0.0191. The highest BCUT2D eigenvalue weighted by Crippen LogP contribution is 2.19. The predicted octanol–water partition coefficient (Wildman–Crippen LogP) is 2.00. The topological polar surface area (TPSA) is 50.4 Å². The first-order chi connectivity index (χ1) is 11.3. The molecule has 0 bridgehead atoms. The third-order valence-corrected chi connectivity index (χ3v) is 4.01. The second kappa shape index (κ2) is 7.90. The van der Waals surface area contributed by atoms with E-state index < -0.39 is 0 Å². The Balaban J connectivity index is 1.48. The van der Waals surface area contributed by atoms with Crippen LogP contribution in [-0.4, -0.2) is 38.3 Å². The molecular formula is C19H22N2O2. The smallest absolute Gasteiger partial charge is 0.239 e. The molecule has 1 aliphatic heterocycles. The number of carbonyl (C=O) groups excluding carboxylic acids is 1. The van der Waals surface area contributed by atoms with Gasteiger partial charge in [0.2, 0.25) is 5.91 Å². The van der Waals surface area contributed by atoms with Gasteiger partial charge in [-0.05, 0) is 23.1 Å². The summed E-state index contributed by atoms with van der Waals surface area (Å²) in [4.78, 5) is 12.0. The lowest BCUT2D eigenvalue weighted by atomic mass is 10.0. The highest BCUT2D eigenvalue weighted by Gasteiger charge is 2.20. The molecule has 1 atom stereocenters. The van der Waals surface area contributed by atoms with Crippen LogP contribution in [0.5, 0.6) is 0 Å². The first kappa shape index (κ1) is 15.7. The Kier molecular flexibility index (Phi) is 5.40. The number of amides is 1. The summed E-state index contributed by atoms with van der Waals surface area (Å²) in [5, 5.41) is 6.12. The molecule has 0 saturated carbocycles. The van der Waals surface area contributed by atoms with E-state index in [-0.39, 0.29) is 11.9 Å². The van der Waals surface area contributed by atoms with Crippen molar-refractivity contribution in [1.82, 2.24) is 10.6 Å². The Hall–Kier alpha value is -2.17. The summed E-state index contributed by atoms with van der Waals surface area (Å²) in [6, 6.07) is 18.6. The van der Waals surface area contributed by atoms with Crippen molar-refractivity contribution in [3.05, 3.63) is 60.2 Å². The number of nitrogens with one attached hydrogen (secondary N) is 2. The van der Waals surface area contributed by atoms with Crippen molar-refractivity contribution < 1.29 is 9.53 Å². The van der Waals surface area contributed by atoms with Gasteiger partial charge in [0.05, 0.1) is 13.2 Å². The van der Waals surface area contributed by atoms with Crippen LogP contribution in [0.2, 0.25) is 0 Å².